The zero-order valence-electron chi connectivity index (χ0n) is 15.4. The first-order chi connectivity index (χ1) is 13.5. The van der Waals surface area contributed by atoms with Crippen molar-refractivity contribution in [3.8, 4) is 11.5 Å². The van der Waals surface area contributed by atoms with Gasteiger partial charge in [0.05, 0.1) is 12.7 Å². The molecule has 3 rings (SSSR count). The normalized spacial score (nSPS) is 11.5. The van der Waals surface area contributed by atoms with Crippen LogP contribution in [0.15, 0.2) is 60.7 Å². The smallest absolute Gasteiger partial charge is 0.279 e. The molecule has 0 aliphatic heterocycles. The molecule has 0 saturated carbocycles. The second kappa shape index (κ2) is 8.39. The lowest BCUT2D eigenvalue weighted by Crippen LogP contribution is -2.47. The van der Waals surface area contributed by atoms with Gasteiger partial charge in [0.15, 0.2) is 6.10 Å². The Balaban J connectivity index is 1.61. The van der Waals surface area contributed by atoms with Gasteiger partial charge >= 0.3 is 0 Å². The Bertz CT molecular complexity index is 1020. The second-order valence-corrected chi connectivity index (χ2v) is 6.06. The summed E-state index contributed by atoms with van der Waals surface area (Å²) in [5.74, 6) is -1.14. The van der Waals surface area contributed by atoms with Gasteiger partial charge < -0.3 is 9.47 Å². The Hall–Kier alpha value is -3.61. The van der Waals surface area contributed by atoms with E-state index in [1.165, 1.54) is 19.2 Å². The molecule has 0 heterocycles. The van der Waals surface area contributed by atoms with Crippen LogP contribution in [0.1, 0.15) is 17.3 Å². The molecule has 6 nitrogen and oxygen atoms in total. The highest BCUT2D eigenvalue weighted by Gasteiger charge is 2.18. The maximum atomic E-state index is 13.4. The number of hydrogen-bond acceptors (Lipinski definition) is 4. The summed E-state index contributed by atoms with van der Waals surface area (Å²) in [6.45, 7) is 1.56. The molecule has 0 aliphatic carbocycles. The van der Waals surface area contributed by atoms with Gasteiger partial charge in [0, 0.05) is 0 Å². The number of fused-ring (bicyclic) bond motifs is 1. The van der Waals surface area contributed by atoms with Crippen LogP contribution in [0.2, 0.25) is 0 Å². The molecule has 0 saturated heterocycles. The van der Waals surface area contributed by atoms with Crippen LogP contribution in [0.4, 0.5) is 4.39 Å². The molecule has 1 unspecified atom stereocenters. The van der Waals surface area contributed by atoms with Crippen molar-refractivity contribution < 1.29 is 23.5 Å². The Kier molecular flexibility index (Phi) is 5.74. The van der Waals surface area contributed by atoms with Crippen LogP contribution in [0.25, 0.3) is 10.8 Å². The number of ether oxygens (including phenoxy) is 2. The second-order valence-electron chi connectivity index (χ2n) is 6.06. The largest absolute Gasteiger partial charge is 0.496 e. The highest BCUT2D eigenvalue weighted by Crippen LogP contribution is 2.21. The van der Waals surface area contributed by atoms with Gasteiger partial charge in [0.1, 0.15) is 17.3 Å². The maximum Gasteiger partial charge on any atom is 0.279 e. The summed E-state index contributed by atoms with van der Waals surface area (Å²) in [7, 11) is 1.36. The fraction of sp³-hybridized carbons (Fsp3) is 0.143. The summed E-state index contributed by atoms with van der Waals surface area (Å²) in [4.78, 5) is 24.4. The Morgan fingerprint density at radius 3 is 2.46 bits per heavy atom. The zero-order valence-corrected chi connectivity index (χ0v) is 15.4. The van der Waals surface area contributed by atoms with Crippen LogP contribution >= 0.6 is 0 Å². The lowest BCUT2D eigenvalue weighted by atomic mass is 10.1. The molecule has 0 spiro atoms. The molecule has 0 fully saturated rings. The van der Waals surface area contributed by atoms with E-state index in [0.29, 0.717) is 5.75 Å². The number of benzene rings is 3. The molecule has 28 heavy (non-hydrogen) atoms. The van der Waals surface area contributed by atoms with E-state index in [1.54, 1.807) is 13.0 Å². The van der Waals surface area contributed by atoms with Gasteiger partial charge in [-0.05, 0) is 48.0 Å². The topological polar surface area (TPSA) is 76.7 Å². The van der Waals surface area contributed by atoms with Crippen molar-refractivity contribution in [3.63, 3.8) is 0 Å². The summed E-state index contributed by atoms with van der Waals surface area (Å²) in [6, 6.07) is 16.8. The molecule has 3 aromatic rings. The molecule has 144 valence electrons. The van der Waals surface area contributed by atoms with Gasteiger partial charge in [0.2, 0.25) is 0 Å². The van der Waals surface area contributed by atoms with Crippen molar-refractivity contribution in [1.29, 1.82) is 0 Å². The molecule has 0 aliphatic rings. The first-order valence-electron chi connectivity index (χ1n) is 8.57. The number of rotatable bonds is 5. The van der Waals surface area contributed by atoms with Crippen molar-refractivity contribution in [2.75, 3.05) is 7.11 Å². The van der Waals surface area contributed by atoms with E-state index in [1.807, 2.05) is 36.4 Å². The predicted octanol–water partition coefficient (Wildman–Crippen LogP) is 3.22. The molecule has 3 aromatic carbocycles. The van der Waals surface area contributed by atoms with Crippen LogP contribution in [0, 0.1) is 5.82 Å². The summed E-state index contributed by atoms with van der Waals surface area (Å²) >= 11 is 0. The standard InChI is InChI=1S/C21H19FN2O4/c1-13(28-17-9-7-14-5-3-4-6-15(14)11-17)20(25)23-24-21(26)18-12-16(22)8-10-19(18)27-2/h3-13H,1-2H3,(H,23,25)(H,24,26). The van der Waals surface area contributed by atoms with E-state index < -0.39 is 23.7 Å². The fourth-order valence-corrected chi connectivity index (χ4v) is 2.64. The van der Waals surface area contributed by atoms with Crippen molar-refractivity contribution in [2.24, 2.45) is 0 Å². The summed E-state index contributed by atoms with van der Waals surface area (Å²) in [5, 5.41) is 2.04. The third-order valence-corrected chi connectivity index (χ3v) is 4.11. The summed E-state index contributed by atoms with van der Waals surface area (Å²) in [6.07, 6.45) is -0.865. The van der Waals surface area contributed by atoms with Crippen molar-refractivity contribution in [2.45, 2.75) is 13.0 Å². The first kappa shape index (κ1) is 19.2. The minimum absolute atomic E-state index is 0.0362. The molecular weight excluding hydrogens is 363 g/mol. The van der Waals surface area contributed by atoms with Crippen LogP contribution in [-0.2, 0) is 4.79 Å². The monoisotopic (exact) mass is 382 g/mol. The number of hydrogen-bond donors (Lipinski definition) is 2. The van der Waals surface area contributed by atoms with Crippen molar-refractivity contribution >= 4 is 22.6 Å². The highest BCUT2D eigenvalue weighted by molar-refractivity contribution is 5.98. The molecular formula is C21H19FN2O4. The minimum atomic E-state index is -0.865. The van der Waals surface area contributed by atoms with Gasteiger partial charge in [-0.15, -0.1) is 0 Å². The zero-order chi connectivity index (χ0) is 20.1. The average molecular weight is 382 g/mol. The van der Waals surface area contributed by atoms with E-state index in [-0.39, 0.29) is 11.3 Å². The number of methoxy groups -OCH3 is 1. The predicted molar refractivity (Wildman–Crippen MR) is 103 cm³/mol. The van der Waals surface area contributed by atoms with Crippen LogP contribution in [-0.4, -0.2) is 25.0 Å². The van der Waals surface area contributed by atoms with Gasteiger partial charge in [-0.3, -0.25) is 20.4 Å². The van der Waals surface area contributed by atoms with E-state index in [2.05, 4.69) is 10.9 Å². The number of halogens is 1. The van der Waals surface area contributed by atoms with E-state index in [0.717, 1.165) is 16.8 Å². The third-order valence-electron chi connectivity index (χ3n) is 4.11. The van der Waals surface area contributed by atoms with Gasteiger partial charge in [-0.2, -0.15) is 0 Å². The Labute approximate surface area is 161 Å². The SMILES string of the molecule is COc1ccc(F)cc1C(=O)NNC(=O)C(C)Oc1ccc2ccccc2c1. The Morgan fingerprint density at radius 1 is 0.964 bits per heavy atom. The molecule has 0 aromatic heterocycles. The summed E-state index contributed by atoms with van der Waals surface area (Å²) in [5.41, 5.74) is 4.46. The quantitative estimate of drug-likeness (QED) is 0.665. The molecule has 1 atom stereocenters. The number of carbonyl (C=O) groups excluding carboxylic acids is 2. The maximum absolute atomic E-state index is 13.4. The minimum Gasteiger partial charge on any atom is -0.496 e. The van der Waals surface area contributed by atoms with Gasteiger partial charge in [-0.25, -0.2) is 4.39 Å². The van der Waals surface area contributed by atoms with Crippen LogP contribution in [0.3, 0.4) is 0 Å². The summed E-state index contributed by atoms with van der Waals surface area (Å²) < 4.78 is 24.0. The molecule has 7 heteroatoms. The molecule has 0 bridgehead atoms. The van der Waals surface area contributed by atoms with Crippen molar-refractivity contribution in [1.82, 2.24) is 10.9 Å². The number of amides is 2. The first-order valence-corrected chi connectivity index (χ1v) is 8.57. The molecule has 2 amide bonds. The number of hydrazine groups is 1. The average Bonchev–Trinajstić information content (AvgIpc) is 2.71. The van der Waals surface area contributed by atoms with Crippen molar-refractivity contribution in [3.05, 3.63) is 72.0 Å². The number of carbonyl (C=O) groups is 2. The van der Waals surface area contributed by atoms with Crippen LogP contribution < -0.4 is 20.3 Å². The van der Waals surface area contributed by atoms with Gasteiger partial charge in [0.25, 0.3) is 11.8 Å². The lowest BCUT2D eigenvalue weighted by molar-refractivity contribution is -0.128. The third kappa shape index (κ3) is 4.37. The number of nitrogens with one attached hydrogen (secondary N) is 2. The highest BCUT2D eigenvalue weighted by atomic mass is 19.1. The van der Waals surface area contributed by atoms with E-state index in [4.69, 9.17) is 9.47 Å². The van der Waals surface area contributed by atoms with Gasteiger partial charge in [-0.1, -0.05) is 30.3 Å². The lowest BCUT2D eigenvalue weighted by Gasteiger charge is -2.16. The Morgan fingerprint density at radius 2 is 1.71 bits per heavy atom. The molecule has 0 radical (unpaired) electrons. The van der Waals surface area contributed by atoms with E-state index in [9.17, 15) is 14.0 Å². The van der Waals surface area contributed by atoms with E-state index >= 15 is 0 Å². The van der Waals surface area contributed by atoms with Crippen LogP contribution in [0.5, 0.6) is 11.5 Å². The fourth-order valence-electron chi connectivity index (χ4n) is 2.64. The molecule has 2 N–H and O–H groups in total.